The van der Waals surface area contributed by atoms with E-state index >= 15 is 0 Å². The van der Waals surface area contributed by atoms with Crippen molar-refractivity contribution in [3.63, 3.8) is 0 Å². The second-order valence-corrected chi connectivity index (χ2v) is 12.1. The fourth-order valence-electron chi connectivity index (χ4n) is 6.79. The van der Waals surface area contributed by atoms with Gasteiger partial charge in [0, 0.05) is 30.3 Å². The molecular weight excluding hydrogens is 556 g/mol. The van der Waals surface area contributed by atoms with Crippen LogP contribution in [0.15, 0.2) is 133 Å². The fourth-order valence-corrected chi connectivity index (χ4v) is 6.79. The van der Waals surface area contributed by atoms with E-state index in [1.807, 2.05) is 42.5 Å². The molecule has 6 aromatic rings. The van der Waals surface area contributed by atoms with Gasteiger partial charge in [0.05, 0.1) is 18.8 Å². The molecule has 4 atom stereocenters. The van der Waals surface area contributed by atoms with Crippen LogP contribution in [0.1, 0.15) is 46.1 Å². The molecule has 5 nitrogen and oxygen atoms in total. The van der Waals surface area contributed by atoms with Crippen molar-refractivity contribution in [1.82, 2.24) is 4.90 Å². The van der Waals surface area contributed by atoms with E-state index in [1.165, 1.54) is 27.1 Å². The van der Waals surface area contributed by atoms with Gasteiger partial charge < -0.3 is 20.3 Å². The molecule has 1 aliphatic rings. The van der Waals surface area contributed by atoms with E-state index in [9.17, 15) is 5.11 Å². The smallest absolute Gasteiger partial charge is 0.185 e. The van der Waals surface area contributed by atoms with Gasteiger partial charge >= 0.3 is 0 Å². The minimum atomic E-state index is -0.590. The number of ether oxygens (including phenoxy) is 2. The summed E-state index contributed by atoms with van der Waals surface area (Å²) in [5.74, 6) is -0.0739. The predicted molar refractivity (Wildman–Crippen MR) is 182 cm³/mol. The third-order valence-electron chi connectivity index (χ3n) is 8.96. The zero-order chi connectivity index (χ0) is 30.8. The molecule has 6 aromatic carbocycles. The van der Waals surface area contributed by atoms with Gasteiger partial charge in [0.1, 0.15) is 0 Å². The molecule has 1 heterocycles. The number of benzene rings is 6. The van der Waals surface area contributed by atoms with Crippen LogP contribution in [0, 0.1) is 0 Å². The van der Waals surface area contributed by atoms with E-state index in [0.717, 1.165) is 28.8 Å². The first-order valence-corrected chi connectivity index (χ1v) is 15.6. The molecule has 0 saturated carbocycles. The van der Waals surface area contributed by atoms with Crippen molar-refractivity contribution in [2.45, 2.75) is 37.6 Å². The maximum Gasteiger partial charge on any atom is 0.185 e. The van der Waals surface area contributed by atoms with Gasteiger partial charge in [-0.3, -0.25) is 4.90 Å². The number of hydrogen-bond donors (Lipinski definition) is 2. The largest absolute Gasteiger partial charge is 0.399 e. The van der Waals surface area contributed by atoms with Crippen molar-refractivity contribution in [3.8, 4) is 0 Å². The number of aliphatic hydroxyl groups excluding tert-OH is 1. The Bertz CT molecular complexity index is 1850. The summed E-state index contributed by atoms with van der Waals surface area (Å²) in [6, 6.07) is 46.0. The average Bonchev–Trinajstić information content (AvgIpc) is 3.08. The monoisotopic (exact) mass is 594 g/mol. The molecule has 7 rings (SSSR count). The average molecular weight is 595 g/mol. The van der Waals surface area contributed by atoms with Gasteiger partial charge in [-0.05, 0) is 69.0 Å². The van der Waals surface area contributed by atoms with Gasteiger partial charge in [-0.25, -0.2) is 0 Å². The van der Waals surface area contributed by atoms with E-state index in [2.05, 4.69) is 103 Å². The molecule has 5 heteroatoms. The highest BCUT2D eigenvalue weighted by Crippen LogP contribution is 2.47. The summed E-state index contributed by atoms with van der Waals surface area (Å²) < 4.78 is 13.8. The number of anilines is 1. The second-order valence-electron chi connectivity index (χ2n) is 12.1. The summed E-state index contributed by atoms with van der Waals surface area (Å²) in [7, 11) is 2.18. The molecule has 45 heavy (non-hydrogen) atoms. The summed E-state index contributed by atoms with van der Waals surface area (Å²) in [5, 5.41) is 14.8. The predicted octanol–water partition coefficient (Wildman–Crippen LogP) is 8.14. The zero-order valence-corrected chi connectivity index (χ0v) is 25.4. The third kappa shape index (κ3) is 6.08. The Balaban J connectivity index is 1.28. The normalized spacial score (nSPS) is 20.2. The molecule has 0 amide bonds. The van der Waals surface area contributed by atoms with Gasteiger partial charge in [-0.15, -0.1) is 0 Å². The van der Waals surface area contributed by atoms with Gasteiger partial charge in [-0.2, -0.15) is 0 Å². The molecule has 226 valence electrons. The quantitative estimate of drug-likeness (QED) is 0.138. The molecular formula is C40H38N2O3. The highest BCUT2D eigenvalue weighted by Gasteiger charge is 2.42. The second kappa shape index (κ2) is 12.8. The minimum absolute atomic E-state index is 0.000778. The van der Waals surface area contributed by atoms with Gasteiger partial charge in [0.15, 0.2) is 6.29 Å². The van der Waals surface area contributed by atoms with Crippen molar-refractivity contribution in [2.24, 2.45) is 0 Å². The number of nitrogen functional groups attached to an aromatic ring is 1. The zero-order valence-electron chi connectivity index (χ0n) is 25.4. The summed E-state index contributed by atoms with van der Waals surface area (Å²) in [6.45, 7) is 1.45. The number of nitrogens with zero attached hydrogens (tertiary/aromatic N) is 1. The van der Waals surface area contributed by atoms with Crippen LogP contribution in [0.3, 0.4) is 0 Å². The van der Waals surface area contributed by atoms with Crippen molar-refractivity contribution in [3.05, 3.63) is 161 Å². The molecule has 0 radical (unpaired) electrons. The van der Waals surface area contributed by atoms with Crippen molar-refractivity contribution < 1.29 is 14.6 Å². The summed E-state index contributed by atoms with van der Waals surface area (Å²) >= 11 is 0. The van der Waals surface area contributed by atoms with Gasteiger partial charge in [0.25, 0.3) is 0 Å². The lowest BCUT2D eigenvalue weighted by Crippen LogP contribution is -2.43. The number of hydrogen-bond acceptors (Lipinski definition) is 5. The van der Waals surface area contributed by atoms with E-state index in [1.54, 1.807) is 0 Å². The topological polar surface area (TPSA) is 68.0 Å². The molecule has 0 aliphatic carbocycles. The Morgan fingerprint density at radius 2 is 1.31 bits per heavy atom. The van der Waals surface area contributed by atoms with E-state index < -0.39 is 6.29 Å². The lowest BCUT2D eigenvalue weighted by atomic mass is 9.83. The summed E-state index contributed by atoms with van der Waals surface area (Å²) in [6.07, 6.45) is -1.06. The Morgan fingerprint density at radius 3 is 1.98 bits per heavy atom. The molecule has 1 saturated heterocycles. The number of aliphatic hydroxyl groups is 1. The SMILES string of the molecule is CN(Cc1c2ccccc2cc2ccccc12)CC1OC(c2cccc(N)c2)OC(c2ccc(CO)cc2)C1c1ccccc1. The first-order valence-electron chi connectivity index (χ1n) is 15.6. The van der Waals surface area contributed by atoms with E-state index in [4.69, 9.17) is 15.2 Å². The molecule has 0 bridgehead atoms. The van der Waals surface area contributed by atoms with Crippen LogP contribution in [0.5, 0.6) is 0 Å². The summed E-state index contributed by atoms with van der Waals surface area (Å²) in [5.41, 5.74) is 12.2. The van der Waals surface area contributed by atoms with Crippen molar-refractivity contribution in [1.29, 1.82) is 0 Å². The number of rotatable bonds is 8. The Kier molecular flexibility index (Phi) is 8.33. The van der Waals surface area contributed by atoms with Crippen molar-refractivity contribution >= 4 is 27.2 Å². The van der Waals surface area contributed by atoms with Crippen LogP contribution in [0.4, 0.5) is 5.69 Å². The lowest BCUT2D eigenvalue weighted by Gasteiger charge is -2.44. The number of nitrogens with two attached hydrogens (primary N) is 1. The first-order chi connectivity index (χ1) is 22.1. The first kappa shape index (κ1) is 29.2. The molecule has 1 fully saturated rings. The van der Waals surface area contributed by atoms with E-state index in [-0.39, 0.29) is 24.7 Å². The van der Waals surface area contributed by atoms with Crippen LogP contribution >= 0.6 is 0 Å². The van der Waals surface area contributed by atoms with Crippen LogP contribution in [0.25, 0.3) is 21.5 Å². The summed E-state index contributed by atoms with van der Waals surface area (Å²) in [4.78, 5) is 2.38. The highest BCUT2D eigenvalue weighted by atomic mass is 16.7. The molecule has 1 aliphatic heterocycles. The van der Waals surface area contributed by atoms with Crippen LogP contribution < -0.4 is 5.73 Å². The van der Waals surface area contributed by atoms with Crippen LogP contribution in [-0.4, -0.2) is 29.7 Å². The molecule has 3 N–H and O–H groups in total. The minimum Gasteiger partial charge on any atom is -0.399 e. The van der Waals surface area contributed by atoms with Crippen molar-refractivity contribution in [2.75, 3.05) is 19.3 Å². The Hall–Kier alpha value is -4.52. The Morgan fingerprint density at radius 1 is 0.667 bits per heavy atom. The van der Waals surface area contributed by atoms with Gasteiger partial charge in [0.2, 0.25) is 0 Å². The molecule has 0 aromatic heterocycles. The Labute approximate surface area is 264 Å². The highest BCUT2D eigenvalue weighted by molar-refractivity contribution is 6.02. The fraction of sp³-hybridized carbons (Fsp3) is 0.200. The van der Waals surface area contributed by atoms with Crippen LogP contribution in [0.2, 0.25) is 0 Å². The third-order valence-corrected chi connectivity index (χ3v) is 8.96. The number of fused-ring (bicyclic) bond motifs is 2. The van der Waals surface area contributed by atoms with E-state index in [0.29, 0.717) is 12.2 Å². The lowest BCUT2D eigenvalue weighted by molar-refractivity contribution is -0.263. The van der Waals surface area contributed by atoms with Crippen LogP contribution in [-0.2, 0) is 22.6 Å². The molecule has 0 spiro atoms. The number of likely N-dealkylation sites (N-methyl/N-ethyl adjacent to an activating group) is 1. The maximum absolute atomic E-state index is 9.71. The van der Waals surface area contributed by atoms with Gasteiger partial charge in [-0.1, -0.05) is 115 Å². The maximum atomic E-state index is 9.71. The standard InChI is InChI=1S/C40H38N2O3/c1-42(24-36-34-16-7-5-12-30(34)22-31-13-6-8-17-35(31)36)25-37-38(28-10-3-2-4-11-28)39(29-20-18-27(26-43)19-21-29)45-40(44-37)32-14-9-15-33(41)23-32/h2-23,37-40,43H,24-26,41H2,1H3. The molecule has 4 unspecified atom stereocenters.